The third kappa shape index (κ3) is 4.41. The lowest BCUT2D eigenvalue weighted by atomic mass is 9.63. The Morgan fingerprint density at radius 1 is 1.02 bits per heavy atom. The molecule has 0 amide bonds. The molecule has 7 heteroatoms. The number of rotatable bonds is 7. The zero-order chi connectivity index (χ0) is 29.1. The summed E-state index contributed by atoms with van der Waals surface area (Å²) in [7, 11) is 1.55. The first-order valence-corrected chi connectivity index (χ1v) is 14.1. The van der Waals surface area contributed by atoms with Crippen LogP contribution in [0.1, 0.15) is 67.7 Å². The minimum atomic E-state index is -1.05. The van der Waals surface area contributed by atoms with Gasteiger partial charge in [-0.3, -0.25) is 4.79 Å². The Labute approximate surface area is 237 Å². The topological polar surface area (TPSA) is 55.8 Å². The summed E-state index contributed by atoms with van der Waals surface area (Å²) in [6.45, 7) is 4.41. The van der Waals surface area contributed by atoms with E-state index >= 15 is 13.2 Å². The second-order valence-corrected chi connectivity index (χ2v) is 12.2. The highest BCUT2D eigenvalue weighted by molar-refractivity contribution is 5.79. The van der Waals surface area contributed by atoms with Crippen molar-refractivity contribution >= 4 is 5.97 Å². The van der Waals surface area contributed by atoms with Gasteiger partial charge in [0.05, 0.1) is 13.0 Å². The quantitative estimate of drug-likeness (QED) is 0.296. The number of hydrogen-bond acceptors (Lipinski definition) is 3. The van der Waals surface area contributed by atoms with Crippen LogP contribution in [0.4, 0.5) is 13.2 Å². The predicted molar refractivity (Wildman–Crippen MR) is 150 cm³/mol. The summed E-state index contributed by atoms with van der Waals surface area (Å²) in [6, 6.07) is 11.4. The van der Waals surface area contributed by atoms with Crippen LogP contribution in [0.15, 0.2) is 54.6 Å². The Morgan fingerprint density at radius 2 is 1.83 bits per heavy atom. The number of hydrogen-bond donors (Lipinski definition) is 1. The van der Waals surface area contributed by atoms with Crippen molar-refractivity contribution in [1.29, 1.82) is 0 Å². The van der Waals surface area contributed by atoms with E-state index in [4.69, 9.17) is 9.47 Å². The Bertz CT molecular complexity index is 1580. The van der Waals surface area contributed by atoms with Gasteiger partial charge in [-0.15, -0.1) is 0 Å². The van der Waals surface area contributed by atoms with E-state index in [-0.39, 0.29) is 47.1 Å². The van der Waals surface area contributed by atoms with Crippen LogP contribution in [-0.4, -0.2) is 18.2 Å². The predicted octanol–water partition coefficient (Wildman–Crippen LogP) is 8.11. The average molecular weight is 563 g/mol. The fourth-order valence-corrected chi connectivity index (χ4v) is 7.27. The number of carboxylic acids is 1. The number of allylic oxidation sites excluding steroid dienone is 1. The van der Waals surface area contributed by atoms with Crippen LogP contribution >= 0.6 is 0 Å². The Kier molecular flexibility index (Phi) is 6.67. The van der Waals surface area contributed by atoms with E-state index < -0.39 is 28.9 Å². The molecule has 4 nitrogen and oxygen atoms in total. The van der Waals surface area contributed by atoms with Crippen LogP contribution in [0.3, 0.4) is 0 Å². The van der Waals surface area contributed by atoms with Crippen molar-refractivity contribution in [2.24, 2.45) is 11.3 Å². The van der Waals surface area contributed by atoms with Crippen LogP contribution in [0.25, 0.3) is 11.1 Å². The number of ether oxygens (including phenoxy) is 2. The van der Waals surface area contributed by atoms with Crippen LogP contribution in [0, 0.1) is 28.8 Å². The maximum atomic E-state index is 15.9. The van der Waals surface area contributed by atoms with Crippen molar-refractivity contribution < 1.29 is 32.5 Å². The summed E-state index contributed by atoms with van der Waals surface area (Å²) in [5.74, 6) is -3.09. The molecule has 0 radical (unpaired) electrons. The standard InChI is InChI=1S/C34H33F3O4/c1-33(2)12-4-5-25(33)23-15-19(6-8-21(23)24-16-20(40-3)7-9-27(24)35)18-41-29-17-28(36)22-10-13-34(30(22)31(29)37)14-11-26(34)32(38)39/h6-9,11,14-17,25-26H,4-5,10,12-13,18H2,1-3H3,(H,38,39)/t25-,26+,34+/m1/s1. The Balaban J connectivity index is 1.36. The van der Waals surface area contributed by atoms with Gasteiger partial charge in [-0.1, -0.05) is 50.6 Å². The molecule has 214 valence electrons. The maximum absolute atomic E-state index is 15.9. The Hall–Kier alpha value is -3.74. The first-order valence-electron chi connectivity index (χ1n) is 14.1. The van der Waals surface area contributed by atoms with Gasteiger partial charge in [0.15, 0.2) is 11.6 Å². The molecule has 3 aliphatic carbocycles. The molecule has 0 aliphatic heterocycles. The molecule has 1 saturated carbocycles. The fourth-order valence-electron chi connectivity index (χ4n) is 7.27. The lowest BCUT2D eigenvalue weighted by molar-refractivity contribution is -0.142. The molecule has 1 N–H and O–H groups in total. The molecule has 1 spiro atoms. The van der Waals surface area contributed by atoms with E-state index in [0.717, 1.165) is 42.0 Å². The summed E-state index contributed by atoms with van der Waals surface area (Å²) >= 11 is 0. The molecular weight excluding hydrogens is 529 g/mol. The second kappa shape index (κ2) is 9.97. The third-order valence-electron chi connectivity index (χ3n) is 9.55. The van der Waals surface area contributed by atoms with Gasteiger partial charge < -0.3 is 14.6 Å². The molecule has 0 heterocycles. The van der Waals surface area contributed by atoms with Crippen LogP contribution in [0.2, 0.25) is 0 Å². The molecule has 0 bridgehead atoms. The number of fused-ring (bicyclic) bond motifs is 2. The number of aliphatic carboxylic acids is 1. The van der Waals surface area contributed by atoms with Gasteiger partial charge in [0.25, 0.3) is 0 Å². The van der Waals surface area contributed by atoms with E-state index in [1.807, 2.05) is 18.2 Å². The summed E-state index contributed by atoms with van der Waals surface area (Å²) in [5, 5.41) is 9.64. The molecule has 3 aliphatic rings. The van der Waals surface area contributed by atoms with Gasteiger partial charge in [-0.25, -0.2) is 13.2 Å². The highest BCUT2D eigenvalue weighted by Gasteiger charge is 2.53. The first kappa shape index (κ1) is 27.4. The average Bonchev–Trinajstić information content (AvgIpc) is 3.51. The minimum absolute atomic E-state index is 0.00405. The van der Waals surface area contributed by atoms with Gasteiger partial charge in [0, 0.05) is 22.6 Å². The maximum Gasteiger partial charge on any atom is 0.311 e. The van der Waals surface area contributed by atoms with Crippen LogP contribution < -0.4 is 9.47 Å². The summed E-state index contributed by atoms with van der Waals surface area (Å²) in [6.07, 6.45) is 6.89. The molecular formula is C34H33F3O4. The normalized spacial score (nSPS) is 23.9. The molecule has 1 fully saturated rings. The van der Waals surface area contributed by atoms with E-state index in [9.17, 15) is 9.90 Å². The molecule has 3 atom stereocenters. The zero-order valence-electron chi connectivity index (χ0n) is 23.4. The number of benzene rings is 3. The monoisotopic (exact) mass is 562 g/mol. The highest BCUT2D eigenvalue weighted by Crippen LogP contribution is 2.55. The lowest BCUT2D eigenvalue weighted by Gasteiger charge is -2.39. The van der Waals surface area contributed by atoms with Crippen molar-refractivity contribution in [3.05, 3.63) is 94.3 Å². The first-order chi connectivity index (χ1) is 19.6. The smallest absolute Gasteiger partial charge is 0.311 e. The molecule has 0 unspecified atom stereocenters. The zero-order valence-corrected chi connectivity index (χ0v) is 23.4. The highest BCUT2D eigenvalue weighted by atomic mass is 19.1. The van der Waals surface area contributed by atoms with Gasteiger partial charge in [0.1, 0.15) is 24.0 Å². The number of halogens is 3. The van der Waals surface area contributed by atoms with Gasteiger partial charge in [-0.05, 0) is 77.5 Å². The SMILES string of the molecule is COc1ccc(F)c(-c2ccc(COc3cc(F)c4c(c3F)[C@]3(C=C[C@H]3C(=O)O)CC4)cc2[C@H]2CCCC2(C)C)c1. The molecule has 0 saturated heterocycles. The van der Waals surface area contributed by atoms with Crippen molar-refractivity contribution in [3.8, 4) is 22.6 Å². The molecule has 3 aromatic carbocycles. The fraction of sp³-hybridized carbons (Fsp3) is 0.382. The van der Waals surface area contributed by atoms with Crippen molar-refractivity contribution in [2.75, 3.05) is 7.11 Å². The van der Waals surface area contributed by atoms with E-state index in [1.165, 1.54) is 12.1 Å². The lowest BCUT2D eigenvalue weighted by Crippen LogP contribution is -2.42. The Morgan fingerprint density at radius 3 is 2.49 bits per heavy atom. The summed E-state index contributed by atoms with van der Waals surface area (Å²) in [5.41, 5.74) is 2.24. The number of carbonyl (C=O) groups is 1. The van der Waals surface area contributed by atoms with Crippen molar-refractivity contribution in [3.63, 3.8) is 0 Å². The summed E-state index contributed by atoms with van der Waals surface area (Å²) < 4.78 is 57.3. The molecule has 0 aromatic heterocycles. The van der Waals surface area contributed by atoms with E-state index in [0.29, 0.717) is 17.7 Å². The van der Waals surface area contributed by atoms with Crippen LogP contribution in [-0.2, 0) is 23.2 Å². The van der Waals surface area contributed by atoms with Crippen molar-refractivity contribution in [2.45, 2.75) is 63.9 Å². The second-order valence-electron chi connectivity index (χ2n) is 12.2. The largest absolute Gasteiger partial charge is 0.497 e. The van der Waals surface area contributed by atoms with Gasteiger partial charge in [0.2, 0.25) is 0 Å². The van der Waals surface area contributed by atoms with E-state index in [1.54, 1.807) is 25.3 Å². The van der Waals surface area contributed by atoms with Crippen molar-refractivity contribution in [1.82, 2.24) is 0 Å². The third-order valence-corrected chi connectivity index (χ3v) is 9.55. The minimum Gasteiger partial charge on any atom is -0.497 e. The van der Waals surface area contributed by atoms with Crippen LogP contribution in [0.5, 0.6) is 11.5 Å². The molecule has 41 heavy (non-hydrogen) atoms. The van der Waals surface area contributed by atoms with Gasteiger partial charge in [-0.2, -0.15) is 0 Å². The molecule has 6 rings (SSSR count). The molecule has 3 aromatic rings. The number of carboxylic acid groups (broad SMARTS) is 1. The summed E-state index contributed by atoms with van der Waals surface area (Å²) in [4.78, 5) is 11.8. The van der Waals surface area contributed by atoms with Gasteiger partial charge >= 0.3 is 5.97 Å². The van der Waals surface area contributed by atoms with E-state index in [2.05, 4.69) is 13.8 Å². The number of methoxy groups -OCH3 is 1.